The standard InChI is InChI=1S/C23H25NO12/c1-10(25)31-18-19(32-11(2)26)21(33-12(3)27)23(36-20(18)22(29)30-4)34-14-5-6-15-13(9-24)7-17(28)35-16(15)8-14/h5-8,18-21,23H,9,24H2,1-4H3. The van der Waals surface area contributed by atoms with Crippen molar-refractivity contribution in [2.45, 2.75) is 58.0 Å². The normalized spacial score (nSPS) is 23.4. The van der Waals surface area contributed by atoms with Crippen LogP contribution in [0.3, 0.4) is 0 Å². The Kier molecular flexibility index (Phi) is 8.27. The molecule has 1 aromatic carbocycles. The molecule has 13 nitrogen and oxygen atoms in total. The fourth-order valence-electron chi connectivity index (χ4n) is 3.76. The number of methoxy groups -OCH3 is 1. The van der Waals surface area contributed by atoms with Gasteiger partial charge in [0, 0.05) is 44.8 Å². The quantitative estimate of drug-likeness (QED) is 0.308. The van der Waals surface area contributed by atoms with Gasteiger partial charge in [-0.3, -0.25) is 14.4 Å². The molecule has 0 amide bonds. The van der Waals surface area contributed by atoms with Crippen LogP contribution < -0.4 is 16.1 Å². The van der Waals surface area contributed by atoms with Crippen molar-refractivity contribution in [1.29, 1.82) is 0 Å². The first kappa shape index (κ1) is 26.6. The lowest BCUT2D eigenvalue weighted by Crippen LogP contribution is -2.64. The van der Waals surface area contributed by atoms with Gasteiger partial charge < -0.3 is 38.6 Å². The second-order valence-electron chi connectivity index (χ2n) is 7.74. The van der Waals surface area contributed by atoms with Crippen LogP contribution in [0, 0.1) is 0 Å². The number of ether oxygens (including phenoxy) is 6. The number of carbonyl (C=O) groups excluding carboxylic acids is 4. The molecular weight excluding hydrogens is 482 g/mol. The zero-order valence-electron chi connectivity index (χ0n) is 19.9. The molecular formula is C23H25NO12. The number of fused-ring (bicyclic) bond motifs is 1. The van der Waals surface area contributed by atoms with Gasteiger partial charge in [-0.05, 0) is 17.7 Å². The van der Waals surface area contributed by atoms with Crippen LogP contribution in [0.4, 0.5) is 0 Å². The van der Waals surface area contributed by atoms with Crippen LogP contribution in [-0.4, -0.2) is 61.7 Å². The molecule has 1 fully saturated rings. The molecule has 194 valence electrons. The molecule has 1 saturated heterocycles. The summed E-state index contributed by atoms with van der Waals surface area (Å²) in [5.41, 5.74) is 5.76. The first-order valence-electron chi connectivity index (χ1n) is 10.7. The third-order valence-corrected chi connectivity index (χ3v) is 5.11. The first-order chi connectivity index (χ1) is 17.0. The van der Waals surface area contributed by atoms with Gasteiger partial charge in [-0.2, -0.15) is 0 Å². The maximum absolute atomic E-state index is 12.5. The topological polar surface area (TPSA) is 180 Å². The van der Waals surface area contributed by atoms with Crippen molar-refractivity contribution in [3.05, 3.63) is 40.2 Å². The molecule has 5 unspecified atom stereocenters. The van der Waals surface area contributed by atoms with E-state index in [2.05, 4.69) is 0 Å². The van der Waals surface area contributed by atoms with Crippen LogP contribution in [0.25, 0.3) is 11.0 Å². The van der Waals surface area contributed by atoms with Crippen molar-refractivity contribution in [3.8, 4) is 5.75 Å². The van der Waals surface area contributed by atoms with Crippen LogP contribution in [0.2, 0.25) is 0 Å². The molecule has 0 aliphatic carbocycles. The maximum atomic E-state index is 12.5. The van der Waals surface area contributed by atoms with Gasteiger partial charge in [-0.15, -0.1) is 0 Å². The van der Waals surface area contributed by atoms with Gasteiger partial charge in [0.2, 0.25) is 12.4 Å². The van der Waals surface area contributed by atoms with Gasteiger partial charge in [-0.1, -0.05) is 0 Å². The number of nitrogens with two attached hydrogens (primary N) is 1. The van der Waals surface area contributed by atoms with E-state index >= 15 is 0 Å². The Hall–Kier alpha value is -3.97. The number of hydrogen-bond acceptors (Lipinski definition) is 13. The van der Waals surface area contributed by atoms with Crippen LogP contribution in [0.1, 0.15) is 26.3 Å². The van der Waals surface area contributed by atoms with Crippen molar-refractivity contribution in [3.63, 3.8) is 0 Å². The Morgan fingerprint density at radius 3 is 2.11 bits per heavy atom. The molecule has 0 bridgehead atoms. The molecule has 2 heterocycles. The van der Waals surface area contributed by atoms with Gasteiger partial charge in [0.15, 0.2) is 18.3 Å². The van der Waals surface area contributed by atoms with E-state index in [0.717, 1.165) is 27.9 Å². The average Bonchev–Trinajstić information content (AvgIpc) is 2.80. The maximum Gasteiger partial charge on any atom is 0.339 e. The van der Waals surface area contributed by atoms with Crippen molar-refractivity contribution >= 4 is 34.8 Å². The SMILES string of the molecule is COC(=O)C1OC(Oc2ccc3c(CN)cc(=O)oc3c2)C(OC(C)=O)C(OC(C)=O)C1OC(C)=O. The van der Waals surface area contributed by atoms with E-state index in [1.54, 1.807) is 6.07 Å². The summed E-state index contributed by atoms with van der Waals surface area (Å²) >= 11 is 0. The lowest BCUT2D eigenvalue weighted by Gasteiger charge is -2.43. The summed E-state index contributed by atoms with van der Waals surface area (Å²) < 4.78 is 37.3. The highest BCUT2D eigenvalue weighted by atomic mass is 16.7. The predicted octanol–water partition coefficient (Wildman–Crippen LogP) is 0.324. The minimum Gasteiger partial charge on any atom is -0.467 e. The van der Waals surface area contributed by atoms with E-state index in [4.69, 9.17) is 38.6 Å². The van der Waals surface area contributed by atoms with Gasteiger partial charge in [-0.25, -0.2) is 9.59 Å². The molecule has 0 radical (unpaired) electrons. The van der Waals surface area contributed by atoms with Crippen LogP contribution in [0.5, 0.6) is 5.75 Å². The molecule has 1 aliphatic heterocycles. The Balaban J connectivity index is 2.06. The van der Waals surface area contributed by atoms with E-state index in [-0.39, 0.29) is 17.9 Å². The Morgan fingerprint density at radius 2 is 1.53 bits per heavy atom. The van der Waals surface area contributed by atoms with E-state index in [1.807, 2.05) is 0 Å². The largest absolute Gasteiger partial charge is 0.467 e. The number of benzene rings is 1. The molecule has 5 atom stereocenters. The molecule has 13 heteroatoms. The van der Waals surface area contributed by atoms with Gasteiger partial charge in [0.25, 0.3) is 0 Å². The van der Waals surface area contributed by atoms with E-state index in [0.29, 0.717) is 10.9 Å². The van der Waals surface area contributed by atoms with E-state index in [1.165, 1.54) is 18.2 Å². The van der Waals surface area contributed by atoms with Crippen LogP contribution in [0.15, 0.2) is 33.5 Å². The zero-order valence-corrected chi connectivity index (χ0v) is 19.9. The lowest BCUT2D eigenvalue weighted by molar-refractivity contribution is -0.282. The van der Waals surface area contributed by atoms with Gasteiger partial charge in [0.05, 0.1) is 7.11 Å². The fraction of sp³-hybridized carbons (Fsp3) is 0.435. The molecule has 36 heavy (non-hydrogen) atoms. The van der Waals surface area contributed by atoms with E-state index in [9.17, 15) is 24.0 Å². The monoisotopic (exact) mass is 507 g/mol. The third-order valence-electron chi connectivity index (χ3n) is 5.11. The lowest BCUT2D eigenvalue weighted by atomic mass is 9.97. The highest BCUT2D eigenvalue weighted by Crippen LogP contribution is 2.32. The van der Waals surface area contributed by atoms with E-state index < -0.39 is 60.2 Å². The third kappa shape index (κ3) is 5.98. The fourth-order valence-corrected chi connectivity index (χ4v) is 3.76. The molecule has 1 aliphatic rings. The van der Waals surface area contributed by atoms with Crippen molar-refractivity contribution in [1.82, 2.24) is 0 Å². The van der Waals surface area contributed by atoms with Crippen LogP contribution in [-0.2, 0) is 49.4 Å². The summed E-state index contributed by atoms with van der Waals surface area (Å²) in [6, 6.07) is 5.73. The van der Waals surface area contributed by atoms with Gasteiger partial charge in [0.1, 0.15) is 11.3 Å². The first-order valence-corrected chi connectivity index (χ1v) is 10.7. The minimum absolute atomic E-state index is 0.0816. The van der Waals surface area contributed by atoms with Gasteiger partial charge >= 0.3 is 29.5 Å². The summed E-state index contributed by atoms with van der Waals surface area (Å²) in [6.45, 7) is 3.33. The predicted molar refractivity (Wildman–Crippen MR) is 118 cm³/mol. The van der Waals surface area contributed by atoms with Crippen LogP contribution >= 0.6 is 0 Å². The summed E-state index contributed by atoms with van der Waals surface area (Å²) in [7, 11) is 1.08. The average molecular weight is 507 g/mol. The molecule has 0 saturated carbocycles. The number of esters is 4. The molecule has 1 aromatic heterocycles. The molecule has 2 N–H and O–H groups in total. The highest BCUT2D eigenvalue weighted by molar-refractivity contribution is 5.81. The Morgan fingerprint density at radius 1 is 0.917 bits per heavy atom. The number of rotatable bonds is 7. The van der Waals surface area contributed by atoms with Crippen molar-refractivity contribution in [2.24, 2.45) is 5.73 Å². The number of hydrogen-bond donors (Lipinski definition) is 1. The highest BCUT2D eigenvalue weighted by Gasteiger charge is 2.55. The van der Waals surface area contributed by atoms with Crippen molar-refractivity contribution < 1.29 is 52.0 Å². The summed E-state index contributed by atoms with van der Waals surface area (Å²) in [4.78, 5) is 59.9. The summed E-state index contributed by atoms with van der Waals surface area (Å²) in [5, 5.41) is 0.561. The Bertz CT molecular complexity index is 1220. The summed E-state index contributed by atoms with van der Waals surface area (Å²) in [6.07, 6.45) is -7.65. The summed E-state index contributed by atoms with van der Waals surface area (Å²) in [5.74, 6) is -3.33. The van der Waals surface area contributed by atoms with Crippen molar-refractivity contribution in [2.75, 3.05) is 7.11 Å². The second kappa shape index (κ2) is 11.2. The molecule has 0 spiro atoms. The Labute approximate surface area is 204 Å². The smallest absolute Gasteiger partial charge is 0.339 e. The second-order valence-corrected chi connectivity index (χ2v) is 7.74. The zero-order chi connectivity index (χ0) is 26.6. The minimum atomic E-state index is -1.61. The molecule has 2 aromatic rings. The number of carbonyl (C=O) groups is 4. The molecule has 3 rings (SSSR count).